The van der Waals surface area contributed by atoms with Crippen LogP contribution in [-0.2, 0) is 11.0 Å². The summed E-state index contributed by atoms with van der Waals surface area (Å²) >= 11 is 1.08. The van der Waals surface area contributed by atoms with Crippen LogP contribution in [-0.4, -0.2) is 31.0 Å². The first kappa shape index (κ1) is 18.7. The molecule has 0 aliphatic heterocycles. The zero-order chi connectivity index (χ0) is 18.8. The van der Waals surface area contributed by atoms with Gasteiger partial charge in [-0.25, -0.2) is 9.78 Å². The molecule has 0 aliphatic carbocycles. The van der Waals surface area contributed by atoms with Gasteiger partial charge in [0.25, 0.3) is 0 Å². The van der Waals surface area contributed by atoms with Crippen LogP contribution in [0.1, 0.15) is 22.7 Å². The third-order valence-electron chi connectivity index (χ3n) is 3.44. The number of carbonyl (C=O) groups is 2. The predicted octanol–water partition coefficient (Wildman–Crippen LogP) is 2.55. The van der Waals surface area contributed by atoms with Gasteiger partial charge >= 0.3 is 12.2 Å². The number of anilines is 1. The molecule has 0 saturated carbocycles. The maximum atomic E-state index is 12.9. The number of carbonyl (C=O) groups excluding carboxylic acids is 2. The molecule has 6 nitrogen and oxygen atoms in total. The summed E-state index contributed by atoms with van der Waals surface area (Å²) < 4.78 is 38.7. The van der Waals surface area contributed by atoms with E-state index in [2.05, 4.69) is 10.3 Å². The number of halogens is 3. The quantitative estimate of drug-likeness (QED) is 0.865. The first-order valence-electron chi connectivity index (χ1n) is 7.02. The molecule has 10 heteroatoms. The second kappa shape index (κ2) is 7.09. The summed E-state index contributed by atoms with van der Waals surface area (Å²) in [7, 11) is 2.92. The Morgan fingerprint density at radius 2 is 2.04 bits per heavy atom. The lowest BCUT2D eigenvalue weighted by Crippen LogP contribution is -2.34. The number of urea groups is 1. The molecule has 3 amide bonds. The fourth-order valence-corrected chi connectivity index (χ4v) is 3.01. The fourth-order valence-electron chi connectivity index (χ4n) is 2.19. The summed E-state index contributed by atoms with van der Waals surface area (Å²) in [6.45, 7) is 0. The molecule has 0 bridgehead atoms. The molecule has 0 fully saturated rings. The molecule has 2 aromatic rings. The van der Waals surface area contributed by atoms with Crippen molar-refractivity contribution in [2.45, 2.75) is 12.1 Å². The number of aromatic nitrogens is 1. The highest BCUT2D eigenvalue weighted by Gasteiger charge is 2.32. The molecule has 0 spiro atoms. The van der Waals surface area contributed by atoms with Gasteiger partial charge in [-0.15, -0.1) is 11.3 Å². The van der Waals surface area contributed by atoms with E-state index in [1.807, 2.05) is 0 Å². The van der Waals surface area contributed by atoms with Crippen LogP contribution < -0.4 is 16.0 Å². The van der Waals surface area contributed by atoms with Gasteiger partial charge in [-0.1, -0.05) is 18.2 Å². The highest BCUT2D eigenvalue weighted by Crippen LogP contribution is 2.34. The van der Waals surface area contributed by atoms with Crippen molar-refractivity contribution in [2.75, 3.05) is 19.0 Å². The lowest BCUT2D eigenvalue weighted by Gasteiger charge is -2.15. The zero-order valence-electron chi connectivity index (χ0n) is 13.3. The van der Waals surface area contributed by atoms with Crippen molar-refractivity contribution in [3.63, 3.8) is 0 Å². The average molecular weight is 372 g/mol. The largest absolute Gasteiger partial charge is 0.416 e. The summed E-state index contributed by atoms with van der Waals surface area (Å²) in [5.74, 6) is -1.98. The molecule has 1 aromatic carbocycles. The number of amides is 3. The number of rotatable bonds is 4. The topological polar surface area (TPSA) is 88.3 Å². The molecule has 0 saturated heterocycles. The predicted molar refractivity (Wildman–Crippen MR) is 87.5 cm³/mol. The van der Waals surface area contributed by atoms with E-state index in [0.29, 0.717) is 0 Å². The van der Waals surface area contributed by atoms with Gasteiger partial charge in [-0.3, -0.25) is 9.69 Å². The van der Waals surface area contributed by atoms with E-state index in [1.54, 1.807) is 0 Å². The van der Waals surface area contributed by atoms with Gasteiger partial charge in [0.2, 0.25) is 5.91 Å². The van der Waals surface area contributed by atoms with Crippen LogP contribution in [0.4, 0.5) is 23.1 Å². The summed E-state index contributed by atoms with van der Waals surface area (Å²) in [6.07, 6.45) is -4.54. The van der Waals surface area contributed by atoms with E-state index >= 15 is 0 Å². The Morgan fingerprint density at radius 1 is 1.36 bits per heavy atom. The first-order valence-corrected chi connectivity index (χ1v) is 7.90. The molecule has 1 unspecified atom stereocenters. The van der Waals surface area contributed by atoms with Crippen molar-refractivity contribution < 1.29 is 22.8 Å². The first-order chi connectivity index (χ1) is 11.6. The minimum absolute atomic E-state index is 0.0850. The van der Waals surface area contributed by atoms with Crippen LogP contribution in [0.15, 0.2) is 29.6 Å². The molecule has 3 N–H and O–H groups in total. The molecule has 0 aliphatic rings. The number of hydrogen-bond donors (Lipinski definition) is 2. The molecule has 1 aromatic heterocycles. The Labute approximate surface area is 145 Å². The highest BCUT2D eigenvalue weighted by atomic mass is 32.1. The van der Waals surface area contributed by atoms with Crippen LogP contribution in [0.5, 0.6) is 0 Å². The second-order valence-corrected chi connectivity index (χ2v) is 5.96. The second-order valence-electron chi connectivity index (χ2n) is 5.13. The third-order valence-corrected chi connectivity index (χ3v) is 4.38. The van der Waals surface area contributed by atoms with Crippen LogP contribution in [0.25, 0.3) is 0 Å². The molecule has 0 radical (unpaired) electrons. The van der Waals surface area contributed by atoms with Crippen molar-refractivity contribution in [3.8, 4) is 0 Å². The number of nitrogens with zero attached hydrogens (tertiary/aromatic N) is 2. The van der Waals surface area contributed by atoms with Gasteiger partial charge in [-0.05, 0) is 11.6 Å². The lowest BCUT2D eigenvalue weighted by molar-refractivity contribution is -0.137. The summed E-state index contributed by atoms with van der Waals surface area (Å²) in [4.78, 5) is 28.8. The van der Waals surface area contributed by atoms with Crippen molar-refractivity contribution >= 4 is 28.4 Å². The number of nitrogens with one attached hydrogen (secondary N) is 1. The molecular weight excluding hydrogens is 357 g/mol. The maximum Gasteiger partial charge on any atom is 0.416 e. The van der Waals surface area contributed by atoms with Gasteiger partial charge in [0, 0.05) is 19.5 Å². The number of primary amides is 1. The Balaban J connectivity index is 2.42. The standard InChI is InChI=1S/C15H15F3N4O2S/c1-20-13(24)22(2)14-21-10(7-25-14)11(12(19)23)8-4-3-5-9(6-8)15(16,17)18/h3-7,11H,1-2H3,(H2,19,23)(H,20,24). The smallest absolute Gasteiger partial charge is 0.369 e. The van der Waals surface area contributed by atoms with Crippen molar-refractivity contribution in [1.29, 1.82) is 0 Å². The van der Waals surface area contributed by atoms with Gasteiger partial charge < -0.3 is 11.1 Å². The summed E-state index contributed by atoms with van der Waals surface area (Å²) in [5, 5.41) is 4.19. The van der Waals surface area contributed by atoms with Gasteiger partial charge in [-0.2, -0.15) is 13.2 Å². The van der Waals surface area contributed by atoms with Crippen LogP contribution in [0, 0.1) is 0 Å². The molecule has 2 rings (SSSR count). The fraction of sp³-hybridized carbons (Fsp3) is 0.267. The SMILES string of the molecule is CNC(=O)N(C)c1nc(C(C(N)=O)c2cccc(C(F)(F)F)c2)cs1. The monoisotopic (exact) mass is 372 g/mol. The number of benzene rings is 1. The molecule has 25 heavy (non-hydrogen) atoms. The van der Waals surface area contributed by atoms with E-state index in [-0.39, 0.29) is 16.4 Å². The van der Waals surface area contributed by atoms with Gasteiger partial charge in [0.05, 0.1) is 11.3 Å². The van der Waals surface area contributed by atoms with E-state index in [4.69, 9.17) is 5.73 Å². The summed E-state index contributed by atoms with van der Waals surface area (Å²) in [5.41, 5.74) is 4.77. The van der Waals surface area contributed by atoms with Crippen molar-refractivity contribution in [3.05, 3.63) is 46.5 Å². The van der Waals surface area contributed by atoms with Crippen LogP contribution in [0.3, 0.4) is 0 Å². The van der Waals surface area contributed by atoms with Gasteiger partial charge in [0.1, 0.15) is 5.92 Å². The third kappa shape index (κ3) is 4.08. The Morgan fingerprint density at radius 3 is 2.60 bits per heavy atom. The number of hydrogen-bond acceptors (Lipinski definition) is 4. The van der Waals surface area contributed by atoms with Crippen LogP contribution >= 0.6 is 11.3 Å². The average Bonchev–Trinajstić information content (AvgIpc) is 3.02. The Hall–Kier alpha value is -2.62. The maximum absolute atomic E-state index is 12.9. The van der Waals surface area contributed by atoms with Crippen molar-refractivity contribution in [1.82, 2.24) is 10.3 Å². The van der Waals surface area contributed by atoms with E-state index in [1.165, 1.54) is 36.5 Å². The zero-order valence-corrected chi connectivity index (χ0v) is 14.1. The molecular formula is C15H15F3N4O2S. The van der Waals surface area contributed by atoms with Gasteiger partial charge in [0.15, 0.2) is 5.13 Å². The lowest BCUT2D eigenvalue weighted by atomic mass is 9.94. The molecule has 1 heterocycles. The summed E-state index contributed by atoms with van der Waals surface area (Å²) in [6, 6.07) is 3.95. The highest BCUT2D eigenvalue weighted by molar-refractivity contribution is 7.14. The number of alkyl halides is 3. The Bertz CT molecular complexity index is 791. The van der Waals surface area contributed by atoms with E-state index < -0.39 is 29.6 Å². The van der Waals surface area contributed by atoms with Crippen molar-refractivity contribution in [2.24, 2.45) is 5.73 Å². The number of nitrogens with two attached hydrogens (primary N) is 1. The normalized spacial score (nSPS) is 12.5. The van der Waals surface area contributed by atoms with Crippen LogP contribution in [0.2, 0.25) is 0 Å². The molecule has 1 atom stereocenters. The number of thiazole rings is 1. The minimum Gasteiger partial charge on any atom is -0.369 e. The van der Waals surface area contributed by atoms with E-state index in [0.717, 1.165) is 23.5 Å². The molecule has 134 valence electrons. The van der Waals surface area contributed by atoms with E-state index in [9.17, 15) is 22.8 Å². The minimum atomic E-state index is -4.54. The Kier molecular flexibility index (Phi) is 5.31.